The van der Waals surface area contributed by atoms with E-state index < -0.39 is 51.6 Å². The number of carbonyl (C=O) groups is 2. The van der Waals surface area contributed by atoms with Crippen LogP contribution in [0.4, 0.5) is 18.9 Å². The van der Waals surface area contributed by atoms with Crippen molar-refractivity contribution in [3.8, 4) is 5.69 Å². The molecule has 38 heavy (non-hydrogen) atoms. The minimum Gasteiger partial charge on any atom is -0.610 e. The lowest BCUT2D eigenvalue weighted by molar-refractivity contribution is 0.101. The Kier molecular flexibility index (Phi) is 6.69. The maximum absolute atomic E-state index is 15.4. The number of nitrogens with zero attached hydrogens (tertiary/aromatic N) is 3. The molecule has 8 nitrogen and oxygen atoms in total. The molecule has 5 aromatic rings. The van der Waals surface area contributed by atoms with Crippen LogP contribution in [-0.2, 0) is 11.2 Å². The van der Waals surface area contributed by atoms with Crippen molar-refractivity contribution in [2.24, 2.45) is 0 Å². The molecule has 0 aliphatic heterocycles. The predicted octanol–water partition coefficient (Wildman–Crippen LogP) is 5.04. The molecule has 0 saturated heterocycles. The van der Waals surface area contributed by atoms with E-state index in [-0.39, 0.29) is 26.7 Å². The number of pyridine rings is 1. The fraction of sp³-hybridized carbons (Fsp3) is 0.0400. The van der Waals surface area contributed by atoms with Crippen molar-refractivity contribution in [2.45, 2.75) is 5.03 Å². The van der Waals surface area contributed by atoms with Gasteiger partial charge in [-0.2, -0.15) is 9.78 Å². The molecule has 3 aromatic heterocycles. The number of benzene rings is 2. The van der Waals surface area contributed by atoms with Crippen LogP contribution >= 0.6 is 11.6 Å². The van der Waals surface area contributed by atoms with Gasteiger partial charge in [0, 0.05) is 40.6 Å². The Bertz CT molecular complexity index is 1720. The fourth-order valence-electron chi connectivity index (χ4n) is 3.79. The lowest BCUT2D eigenvalue weighted by atomic mass is 10.0. The first-order valence-electron chi connectivity index (χ1n) is 10.8. The number of hydrogen-bond donors (Lipinski definition) is 2. The summed E-state index contributed by atoms with van der Waals surface area (Å²) in [5.74, 6) is -4.84. The highest BCUT2D eigenvalue weighted by Gasteiger charge is 2.27. The third-order valence-electron chi connectivity index (χ3n) is 5.58. The first-order chi connectivity index (χ1) is 18.1. The van der Waals surface area contributed by atoms with Crippen molar-refractivity contribution in [3.63, 3.8) is 0 Å². The molecule has 192 valence electrons. The molecule has 0 spiro atoms. The van der Waals surface area contributed by atoms with Gasteiger partial charge < -0.3 is 14.9 Å². The maximum atomic E-state index is 15.4. The Morgan fingerprint density at radius 3 is 2.55 bits per heavy atom. The maximum Gasteiger partial charge on any atom is 0.276 e. The van der Waals surface area contributed by atoms with E-state index in [9.17, 15) is 22.9 Å². The summed E-state index contributed by atoms with van der Waals surface area (Å²) in [4.78, 5) is 32.8. The van der Waals surface area contributed by atoms with E-state index in [4.69, 9.17) is 11.6 Å². The Balaban J connectivity index is 1.48. The van der Waals surface area contributed by atoms with E-state index in [0.717, 1.165) is 12.1 Å². The van der Waals surface area contributed by atoms with Crippen molar-refractivity contribution in [1.29, 1.82) is 0 Å². The first-order valence-corrected chi connectivity index (χ1v) is 12.7. The van der Waals surface area contributed by atoms with Crippen molar-refractivity contribution in [2.75, 3.05) is 11.6 Å². The van der Waals surface area contributed by atoms with Crippen LogP contribution in [0.2, 0.25) is 5.02 Å². The lowest BCUT2D eigenvalue weighted by Crippen LogP contribution is -2.16. The number of carbonyl (C=O) groups excluding carboxylic acids is 2. The summed E-state index contributed by atoms with van der Waals surface area (Å²) in [6.07, 6.45) is 3.97. The highest BCUT2D eigenvalue weighted by Crippen LogP contribution is 2.28. The Morgan fingerprint density at radius 2 is 1.84 bits per heavy atom. The topological polar surface area (TPSA) is 116 Å². The second-order valence-corrected chi connectivity index (χ2v) is 9.79. The number of ketones is 1. The molecule has 0 aliphatic rings. The average Bonchev–Trinajstić information content (AvgIpc) is 3.51. The number of hydrogen-bond acceptors (Lipinski definition) is 5. The third kappa shape index (κ3) is 4.64. The van der Waals surface area contributed by atoms with E-state index in [2.05, 4.69) is 20.4 Å². The van der Waals surface area contributed by atoms with Gasteiger partial charge in [0.1, 0.15) is 23.5 Å². The summed E-state index contributed by atoms with van der Waals surface area (Å²) in [7, 11) is 0. The van der Waals surface area contributed by atoms with Crippen molar-refractivity contribution in [1.82, 2.24) is 19.7 Å². The first kappa shape index (κ1) is 25.5. The SMILES string of the molecule is C[S+]([O-])c1cc(C(=O)Nc2ccc(F)c(C(=O)c3c[nH]c4ncc(Cl)cc34)c2F)nn1-c1ccc(F)cc1. The number of rotatable bonds is 6. The van der Waals surface area contributed by atoms with Crippen molar-refractivity contribution in [3.05, 3.63) is 100 Å². The number of amides is 1. The van der Waals surface area contributed by atoms with Crippen LogP contribution in [0, 0.1) is 17.5 Å². The van der Waals surface area contributed by atoms with Gasteiger partial charge in [-0.3, -0.25) is 9.59 Å². The highest BCUT2D eigenvalue weighted by atomic mass is 35.5. The molecule has 0 aliphatic carbocycles. The van der Waals surface area contributed by atoms with Gasteiger partial charge >= 0.3 is 0 Å². The van der Waals surface area contributed by atoms with Gasteiger partial charge in [0.05, 0.1) is 22.0 Å². The van der Waals surface area contributed by atoms with Crippen molar-refractivity contribution < 1.29 is 27.3 Å². The predicted molar refractivity (Wildman–Crippen MR) is 135 cm³/mol. The number of nitrogens with one attached hydrogen (secondary N) is 2. The normalized spacial score (nSPS) is 12.1. The van der Waals surface area contributed by atoms with Crippen LogP contribution in [-0.4, -0.2) is 42.2 Å². The summed E-state index contributed by atoms with van der Waals surface area (Å²) in [6, 6.07) is 9.56. The molecular weight excluding hydrogens is 543 g/mol. The molecular formula is C25H15ClF3N5O3S. The zero-order valence-corrected chi connectivity index (χ0v) is 20.8. The van der Waals surface area contributed by atoms with Gasteiger partial charge in [-0.25, -0.2) is 18.2 Å². The molecule has 2 N–H and O–H groups in total. The molecule has 5 rings (SSSR count). The summed E-state index contributed by atoms with van der Waals surface area (Å²) in [5.41, 5.74) is -1.05. The summed E-state index contributed by atoms with van der Waals surface area (Å²) in [5, 5.41) is 7.01. The number of anilines is 1. The van der Waals surface area contributed by atoms with Gasteiger partial charge in [0.25, 0.3) is 5.91 Å². The Morgan fingerprint density at radius 1 is 1.11 bits per heavy atom. The molecule has 1 atom stereocenters. The summed E-state index contributed by atoms with van der Waals surface area (Å²) < 4.78 is 56.8. The number of halogens is 4. The Hall–Kier alpha value is -4.13. The van der Waals surface area contributed by atoms with Gasteiger partial charge in [-0.15, -0.1) is 0 Å². The highest BCUT2D eigenvalue weighted by molar-refractivity contribution is 7.90. The fourth-order valence-corrected chi connectivity index (χ4v) is 4.62. The minimum atomic E-state index is -1.60. The number of aromatic amines is 1. The van der Waals surface area contributed by atoms with E-state index in [1.165, 1.54) is 59.7 Å². The van der Waals surface area contributed by atoms with E-state index in [1.807, 2.05) is 0 Å². The van der Waals surface area contributed by atoms with Gasteiger partial charge in [0.15, 0.2) is 11.5 Å². The lowest BCUT2D eigenvalue weighted by Gasteiger charge is -2.10. The van der Waals surface area contributed by atoms with Gasteiger partial charge in [-0.1, -0.05) is 11.6 Å². The van der Waals surface area contributed by atoms with Crippen LogP contribution in [0.15, 0.2) is 66.0 Å². The smallest absolute Gasteiger partial charge is 0.276 e. The van der Waals surface area contributed by atoms with Gasteiger partial charge in [0.2, 0.25) is 10.8 Å². The second-order valence-electron chi connectivity index (χ2n) is 8.03. The summed E-state index contributed by atoms with van der Waals surface area (Å²) in [6.45, 7) is 0. The molecule has 3 heterocycles. The van der Waals surface area contributed by atoms with Crippen LogP contribution in [0.3, 0.4) is 0 Å². The molecule has 1 amide bonds. The zero-order chi connectivity index (χ0) is 27.1. The zero-order valence-electron chi connectivity index (χ0n) is 19.3. The second kappa shape index (κ2) is 9.97. The summed E-state index contributed by atoms with van der Waals surface area (Å²) >= 11 is 4.36. The van der Waals surface area contributed by atoms with Gasteiger partial charge in [-0.05, 0) is 42.5 Å². The van der Waals surface area contributed by atoms with Crippen LogP contribution in [0.25, 0.3) is 16.7 Å². The number of aromatic nitrogens is 4. The molecule has 0 bridgehead atoms. The van der Waals surface area contributed by atoms with Crippen LogP contribution in [0.1, 0.15) is 26.4 Å². The largest absolute Gasteiger partial charge is 0.610 e. The molecule has 1 unspecified atom stereocenters. The van der Waals surface area contributed by atoms with Crippen molar-refractivity contribution >= 4 is 51.2 Å². The van der Waals surface area contributed by atoms with E-state index >= 15 is 4.39 Å². The third-order valence-corrected chi connectivity index (χ3v) is 6.67. The number of fused-ring (bicyclic) bond motifs is 1. The van der Waals surface area contributed by atoms with Crippen LogP contribution < -0.4 is 5.32 Å². The number of H-pyrrole nitrogens is 1. The Labute approximate surface area is 220 Å². The molecule has 0 radical (unpaired) electrons. The minimum absolute atomic E-state index is 0.0654. The molecule has 0 saturated carbocycles. The quantitative estimate of drug-likeness (QED) is 0.224. The van der Waals surface area contributed by atoms with E-state index in [1.54, 1.807) is 0 Å². The standard InChI is InChI=1S/C25H15ClF3N5O3S/c1-38(37)20-9-19(33-34(20)14-4-2-13(27)3-5-14)25(36)32-18-7-6-17(28)21(22(18)29)23(35)16-11-31-24-15(16)8-12(26)10-30-24/h2-11H,1H3,(H,30,31)(H,32,36). The molecule has 13 heteroatoms. The molecule has 2 aromatic carbocycles. The average molecular weight is 558 g/mol. The molecule has 0 fully saturated rings. The van der Waals surface area contributed by atoms with E-state index in [0.29, 0.717) is 11.3 Å². The van der Waals surface area contributed by atoms with Crippen LogP contribution in [0.5, 0.6) is 0 Å². The monoisotopic (exact) mass is 557 g/mol.